The molecule has 182 valence electrons. The molecular formula is C31H33N5. The fourth-order valence-electron chi connectivity index (χ4n) is 6.05. The molecular weight excluding hydrogens is 442 g/mol. The summed E-state index contributed by atoms with van der Waals surface area (Å²) >= 11 is 0. The van der Waals surface area contributed by atoms with Gasteiger partial charge in [-0.1, -0.05) is 31.0 Å². The molecule has 1 aliphatic carbocycles. The normalized spacial score (nSPS) is 21.8. The van der Waals surface area contributed by atoms with Crippen LogP contribution in [0, 0.1) is 34.5 Å². The van der Waals surface area contributed by atoms with Crippen LogP contribution < -0.4 is 10.2 Å². The number of nitrogens with one attached hydrogen (secondary N) is 1. The Morgan fingerprint density at radius 3 is 2.58 bits per heavy atom. The van der Waals surface area contributed by atoms with Crippen molar-refractivity contribution in [3.05, 3.63) is 78.0 Å². The lowest BCUT2D eigenvalue weighted by Crippen LogP contribution is -2.39. The van der Waals surface area contributed by atoms with Crippen molar-refractivity contribution in [1.29, 1.82) is 10.5 Å². The minimum Gasteiger partial charge on any atom is -0.371 e. The highest BCUT2D eigenvalue weighted by Crippen LogP contribution is 2.35. The van der Waals surface area contributed by atoms with Gasteiger partial charge in [0.1, 0.15) is 5.82 Å². The van der Waals surface area contributed by atoms with Crippen LogP contribution >= 0.6 is 0 Å². The van der Waals surface area contributed by atoms with Crippen molar-refractivity contribution in [3.8, 4) is 23.3 Å². The van der Waals surface area contributed by atoms with Crippen LogP contribution in [0.4, 0.5) is 11.5 Å². The Kier molecular flexibility index (Phi) is 7.48. The summed E-state index contributed by atoms with van der Waals surface area (Å²) in [6.07, 6.45) is 10.6. The molecule has 2 aromatic carbocycles. The van der Waals surface area contributed by atoms with Crippen LogP contribution in [0.25, 0.3) is 11.1 Å². The number of piperidine rings is 1. The highest BCUT2D eigenvalue weighted by molar-refractivity contribution is 5.72. The van der Waals surface area contributed by atoms with Gasteiger partial charge in [-0.3, -0.25) is 0 Å². The lowest BCUT2D eigenvalue weighted by atomic mass is 9.77. The molecule has 0 amide bonds. The minimum absolute atomic E-state index is 0.429. The molecule has 0 unspecified atom stereocenters. The number of hydrogen-bond donors (Lipinski definition) is 1. The maximum Gasteiger partial charge on any atom is 0.126 e. The van der Waals surface area contributed by atoms with Crippen molar-refractivity contribution < 1.29 is 0 Å². The smallest absolute Gasteiger partial charge is 0.126 e. The predicted octanol–water partition coefficient (Wildman–Crippen LogP) is 6.77. The first kappa shape index (κ1) is 23.9. The van der Waals surface area contributed by atoms with Crippen molar-refractivity contribution >= 4 is 11.5 Å². The summed E-state index contributed by atoms with van der Waals surface area (Å²) in [7, 11) is 0. The maximum atomic E-state index is 9.52. The van der Waals surface area contributed by atoms with E-state index in [-0.39, 0.29) is 0 Å². The summed E-state index contributed by atoms with van der Waals surface area (Å²) in [4.78, 5) is 7.13. The van der Waals surface area contributed by atoms with Crippen LogP contribution in [-0.4, -0.2) is 24.1 Å². The Labute approximate surface area is 214 Å². The molecule has 5 rings (SSSR count). The van der Waals surface area contributed by atoms with Gasteiger partial charge in [-0.2, -0.15) is 10.5 Å². The molecule has 0 bridgehead atoms. The fourth-order valence-corrected chi connectivity index (χ4v) is 6.05. The first-order valence-electron chi connectivity index (χ1n) is 13.2. The van der Waals surface area contributed by atoms with E-state index in [2.05, 4.69) is 45.5 Å². The summed E-state index contributed by atoms with van der Waals surface area (Å²) in [6, 6.07) is 24.8. The van der Waals surface area contributed by atoms with Crippen molar-refractivity contribution in [2.24, 2.45) is 11.8 Å². The van der Waals surface area contributed by atoms with E-state index in [1.807, 2.05) is 48.7 Å². The number of aromatic nitrogens is 1. The number of rotatable bonds is 6. The molecule has 2 heterocycles. The van der Waals surface area contributed by atoms with E-state index in [4.69, 9.17) is 5.26 Å². The molecule has 2 aliphatic rings. The predicted molar refractivity (Wildman–Crippen MR) is 144 cm³/mol. The number of nitriles is 2. The van der Waals surface area contributed by atoms with Gasteiger partial charge in [0.15, 0.2) is 0 Å². The SMILES string of the molecule is N#Cc1ccc(N2CCC[C@H](C[C@@H]3CCCC[C@H]3Nc3cc(-c4ccccc4C#N)ccn3)C2)cc1. The Bertz CT molecular complexity index is 1250. The van der Waals surface area contributed by atoms with E-state index in [9.17, 15) is 5.26 Å². The summed E-state index contributed by atoms with van der Waals surface area (Å²) in [5.74, 6) is 2.23. The number of pyridine rings is 1. The van der Waals surface area contributed by atoms with Gasteiger partial charge < -0.3 is 10.2 Å². The van der Waals surface area contributed by atoms with Gasteiger partial charge in [0, 0.05) is 31.0 Å². The number of hydrogen-bond acceptors (Lipinski definition) is 5. The molecule has 36 heavy (non-hydrogen) atoms. The second kappa shape index (κ2) is 11.3. The van der Waals surface area contributed by atoms with Gasteiger partial charge in [0.05, 0.1) is 23.3 Å². The maximum absolute atomic E-state index is 9.52. The average molecular weight is 476 g/mol. The molecule has 0 radical (unpaired) electrons. The van der Waals surface area contributed by atoms with E-state index in [0.29, 0.717) is 23.4 Å². The zero-order valence-electron chi connectivity index (χ0n) is 20.7. The van der Waals surface area contributed by atoms with E-state index >= 15 is 0 Å². The summed E-state index contributed by atoms with van der Waals surface area (Å²) in [5, 5.41) is 22.4. The lowest BCUT2D eigenvalue weighted by molar-refractivity contribution is 0.247. The molecule has 1 N–H and O–H groups in total. The van der Waals surface area contributed by atoms with E-state index in [1.165, 1.54) is 50.6 Å². The standard InChI is InChI=1S/C31H33N5/c32-20-23-11-13-28(14-12-23)36-17-5-6-24(22-36)18-26-7-2-4-10-30(26)35-31-19-25(15-16-34-31)29-9-3-1-8-27(29)21-33/h1,3,8-9,11-16,19,24,26,30H,2,4-7,10,17-18,22H2,(H,34,35)/t24-,26+,30-/m1/s1. The highest BCUT2D eigenvalue weighted by Gasteiger charge is 2.30. The largest absolute Gasteiger partial charge is 0.371 e. The van der Waals surface area contributed by atoms with Crippen LogP contribution in [0.3, 0.4) is 0 Å². The molecule has 1 saturated carbocycles. The van der Waals surface area contributed by atoms with Crippen LogP contribution in [0.5, 0.6) is 0 Å². The van der Waals surface area contributed by atoms with Crippen molar-refractivity contribution in [3.63, 3.8) is 0 Å². The van der Waals surface area contributed by atoms with E-state index in [1.54, 1.807) is 0 Å². The molecule has 5 nitrogen and oxygen atoms in total. The Balaban J connectivity index is 1.26. The number of anilines is 2. The first-order chi connectivity index (χ1) is 17.7. The van der Waals surface area contributed by atoms with Crippen molar-refractivity contribution in [1.82, 2.24) is 4.98 Å². The zero-order chi connectivity index (χ0) is 24.7. The molecule has 1 saturated heterocycles. The molecule has 3 atom stereocenters. The average Bonchev–Trinajstić information content (AvgIpc) is 2.94. The Hall–Kier alpha value is -3.83. The van der Waals surface area contributed by atoms with Crippen molar-refractivity contribution in [2.45, 2.75) is 51.0 Å². The van der Waals surface area contributed by atoms with Crippen LogP contribution in [0.2, 0.25) is 0 Å². The topological polar surface area (TPSA) is 75.7 Å². The zero-order valence-corrected chi connectivity index (χ0v) is 20.7. The summed E-state index contributed by atoms with van der Waals surface area (Å²) in [5.41, 5.74) is 4.63. The van der Waals surface area contributed by atoms with Crippen LogP contribution in [0.1, 0.15) is 56.1 Å². The molecule has 1 aromatic heterocycles. The van der Waals surface area contributed by atoms with Gasteiger partial charge in [-0.05, 0) is 97.5 Å². The van der Waals surface area contributed by atoms with Crippen molar-refractivity contribution in [2.75, 3.05) is 23.3 Å². The highest BCUT2D eigenvalue weighted by atomic mass is 15.1. The summed E-state index contributed by atoms with van der Waals surface area (Å²) < 4.78 is 0. The van der Waals surface area contributed by atoms with E-state index in [0.717, 1.165) is 35.6 Å². The third-order valence-corrected chi connectivity index (χ3v) is 7.88. The first-order valence-corrected chi connectivity index (χ1v) is 13.2. The molecule has 0 spiro atoms. The molecule has 2 fully saturated rings. The van der Waals surface area contributed by atoms with Gasteiger partial charge in [-0.15, -0.1) is 0 Å². The van der Waals surface area contributed by atoms with Gasteiger partial charge in [0.25, 0.3) is 0 Å². The van der Waals surface area contributed by atoms with E-state index < -0.39 is 0 Å². The molecule has 5 heteroatoms. The van der Waals surface area contributed by atoms with Crippen LogP contribution in [0.15, 0.2) is 66.9 Å². The van der Waals surface area contributed by atoms with Gasteiger partial charge in [-0.25, -0.2) is 4.98 Å². The molecule has 1 aliphatic heterocycles. The lowest BCUT2D eigenvalue weighted by Gasteiger charge is -2.39. The van der Waals surface area contributed by atoms with Gasteiger partial charge in [0.2, 0.25) is 0 Å². The second-order valence-corrected chi connectivity index (χ2v) is 10.2. The minimum atomic E-state index is 0.429. The number of nitrogens with zero attached hydrogens (tertiary/aromatic N) is 4. The monoisotopic (exact) mass is 475 g/mol. The number of benzene rings is 2. The fraction of sp³-hybridized carbons (Fsp3) is 0.387. The Morgan fingerprint density at radius 1 is 0.917 bits per heavy atom. The third kappa shape index (κ3) is 5.52. The molecule has 3 aromatic rings. The third-order valence-electron chi connectivity index (χ3n) is 7.88. The quantitative estimate of drug-likeness (QED) is 0.426. The second-order valence-electron chi connectivity index (χ2n) is 10.2. The summed E-state index contributed by atoms with van der Waals surface area (Å²) in [6.45, 7) is 2.18. The Morgan fingerprint density at radius 2 is 1.75 bits per heavy atom. The van der Waals surface area contributed by atoms with Crippen LogP contribution in [-0.2, 0) is 0 Å². The van der Waals surface area contributed by atoms with Gasteiger partial charge >= 0.3 is 0 Å².